The van der Waals surface area contributed by atoms with Crippen LogP contribution in [0.3, 0.4) is 0 Å². The van der Waals surface area contributed by atoms with Gasteiger partial charge in [-0.3, -0.25) is 4.79 Å². The van der Waals surface area contributed by atoms with E-state index in [0.717, 1.165) is 77.4 Å². The number of ether oxygens (including phenoxy) is 1. The summed E-state index contributed by atoms with van der Waals surface area (Å²) in [4.78, 5) is 15.8. The minimum absolute atomic E-state index is 0.0859. The third-order valence-corrected chi connectivity index (χ3v) is 11.8. The van der Waals surface area contributed by atoms with Gasteiger partial charge in [-0.25, -0.2) is 0 Å². The molecule has 0 aromatic carbocycles. The second-order valence-corrected chi connectivity index (χ2v) is 13.4. The number of fused-ring (bicyclic) bond motifs is 5. The Hall–Kier alpha value is -0.300. The second-order valence-electron chi connectivity index (χ2n) is 12.6. The molecular weight excluding hydrogens is 434 g/mol. The Morgan fingerprint density at radius 3 is 2.55 bits per heavy atom. The van der Waals surface area contributed by atoms with Crippen molar-refractivity contribution in [1.29, 1.82) is 0 Å². The van der Waals surface area contributed by atoms with Crippen molar-refractivity contribution in [2.75, 3.05) is 25.2 Å². The summed E-state index contributed by atoms with van der Waals surface area (Å²) < 4.78 is 5.91. The number of nitrogens with zero attached hydrogens (tertiary/aromatic N) is 1. The quantitative estimate of drug-likeness (QED) is 0.628. The van der Waals surface area contributed by atoms with Gasteiger partial charge in [0.25, 0.3) is 5.91 Å². The first-order valence-electron chi connectivity index (χ1n) is 13.5. The van der Waals surface area contributed by atoms with Gasteiger partial charge in [-0.15, -0.1) is 0 Å². The van der Waals surface area contributed by atoms with E-state index in [0.29, 0.717) is 29.9 Å². The molecular formula is C27H45NO4S. The van der Waals surface area contributed by atoms with Crippen LogP contribution in [0.2, 0.25) is 0 Å². The van der Waals surface area contributed by atoms with Crippen LogP contribution in [0.15, 0.2) is 0 Å². The molecule has 0 radical (unpaired) electrons. The largest absolute Gasteiger partial charge is 0.389 e. The summed E-state index contributed by atoms with van der Waals surface area (Å²) in [6, 6.07) is 0. The monoisotopic (exact) mass is 479 g/mol. The highest BCUT2D eigenvalue weighted by Gasteiger charge is 2.65. The molecule has 0 aromatic rings. The Morgan fingerprint density at radius 2 is 1.82 bits per heavy atom. The van der Waals surface area contributed by atoms with Crippen molar-refractivity contribution in [3.8, 4) is 0 Å². The minimum Gasteiger partial charge on any atom is -0.389 e. The minimum atomic E-state index is -0.773. The van der Waals surface area contributed by atoms with E-state index in [1.54, 1.807) is 11.8 Å². The fourth-order valence-corrected chi connectivity index (χ4v) is 9.88. The molecule has 2 saturated heterocycles. The summed E-state index contributed by atoms with van der Waals surface area (Å²) in [5, 5.41) is 23.2. The van der Waals surface area contributed by atoms with E-state index in [9.17, 15) is 15.0 Å². The number of hydrogen-bond donors (Lipinski definition) is 2. The first-order valence-corrected chi connectivity index (χ1v) is 14.9. The summed E-state index contributed by atoms with van der Waals surface area (Å²) >= 11 is 1.69. The Balaban J connectivity index is 1.38. The van der Waals surface area contributed by atoms with E-state index in [4.69, 9.17) is 4.74 Å². The van der Waals surface area contributed by atoms with Crippen LogP contribution >= 0.6 is 11.8 Å². The van der Waals surface area contributed by atoms with Crippen molar-refractivity contribution < 1.29 is 19.7 Å². The summed E-state index contributed by atoms with van der Waals surface area (Å²) in [6.07, 6.45) is 13.2. The number of likely N-dealkylation sites (tertiary alicyclic amines) is 1. The van der Waals surface area contributed by atoms with Crippen molar-refractivity contribution in [2.24, 2.45) is 23.2 Å². The van der Waals surface area contributed by atoms with Crippen LogP contribution in [0.5, 0.6) is 0 Å². The molecule has 188 valence electrons. The standard InChI is InChI=1S/C27H45NO4S/c1-24-13-14-26(30,18-33-3)17-27(24,31)12-9-19-20(24)10-11-25(2)21(19)7-6-15-28(25)23(29)22-8-4-5-16-32-22/h19-22,30-31H,4-18H2,1-3H3/t19-,20+,21+,22-,24-,25+,26-,27-/m1/s1. The van der Waals surface area contributed by atoms with Crippen molar-refractivity contribution in [2.45, 2.75) is 114 Å². The van der Waals surface area contributed by atoms with Crippen LogP contribution in [-0.2, 0) is 9.53 Å². The second kappa shape index (κ2) is 8.67. The van der Waals surface area contributed by atoms with Crippen LogP contribution in [0.4, 0.5) is 0 Å². The topological polar surface area (TPSA) is 70.0 Å². The molecule has 3 saturated carbocycles. The smallest absolute Gasteiger partial charge is 0.252 e. The Kier molecular flexibility index (Phi) is 6.41. The highest BCUT2D eigenvalue weighted by atomic mass is 32.2. The fourth-order valence-electron chi connectivity index (χ4n) is 9.10. The van der Waals surface area contributed by atoms with Crippen LogP contribution in [-0.4, -0.2) is 69.0 Å². The number of carbonyl (C=O) groups is 1. The van der Waals surface area contributed by atoms with Crippen LogP contribution in [0, 0.1) is 23.2 Å². The third kappa shape index (κ3) is 3.81. The molecule has 6 heteroatoms. The van der Waals surface area contributed by atoms with Gasteiger partial charge in [0.05, 0.1) is 11.2 Å². The molecule has 5 fully saturated rings. The number of aliphatic hydroxyl groups is 2. The molecule has 8 atom stereocenters. The first-order chi connectivity index (χ1) is 15.7. The lowest BCUT2D eigenvalue weighted by atomic mass is 9.42. The number of carbonyl (C=O) groups excluding carboxylic acids is 1. The molecule has 0 aromatic heterocycles. The molecule has 5 rings (SSSR count). The fraction of sp³-hybridized carbons (Fsp3) is 0.963. The molecule has 1 amide bonds. The molecule has 5 aliphatic rings. The predicted molar refractivity (Wildman–Crippen MR) is 132 cm³/mol. The molecule has 2 heterocycles. The zero-order valence-electron chi connectivity index (χ0n) is 21.0. The number of rotatable bonds is 3. The van der Waals surface area contributed by atoms with Gasteiger partial charge in [0.2, 0.25) is 0 Å². The van der Waals surface area contributed by atoms with E-state index in [1.165, 1.54) is 6.42 Å². The van der Waals surface area contributed by atoms with Crippen LogP contribution in [0.25, 0.3) is 0 Å². The van der Waals surface area contributed by atoms with E-state index >= 15 is 0 Å². The zero-order valence-corrected chi connectivity index (χ0v) is 21.8. The summed E-state index contributed by atoms with van der Waals surface area (Å²) in [7, 11) is 0. The van der Waals surface area contributed by atoms with Gasteiger partial charge in [0, 0.05) is 30.9 Å². The van der Waals surface area contributed by atoms with Crippen molar-refractivity contribution in [1.82, 2.24) is 4.90 Å². The third-order valence-electron chi connectivity index (χ3n) is 10.9. The van der Waals surface area contributed by atoms with Gasteiger partial charge in [-0.05, 0) is 107 Å². The molecule has 0 unspecified atom stereocenters. The van der Waals surface area contributed by atoms with Gasteiger partial charge in [-0.2, -0.15) is 11.8 Å². The number of hydrogen-bond acceptors (Lipinski definition) is 5. The van der Waals surface area contributed by atoms with Gasteiger partial charge >= 0.3 is 0 Å². The average molecular weight is 480 g/mol. The average Bonchev–Trinajstić information content (AvgIpc) is 2.79. The lowest BCUT2D eigenvalue weighted by molar-refractivity contribution is -0.239. The van der Waals surface area contributed by atoms with E-state index in [1.807, 2.05) is 6.26 Å². The summed E-state index contributed by atoms with van der Waals surface area (Å²) in [5.74, 6) is 2.49. The molecule has 0 spiro atoms. The molecule has 2 aliphatic heterocycles. The Labute approximate surface area is 204 Å². The van der Waals surface area contributed by atoms with E-state index in [-0.39, 0.29) is 23.0 Å². The molecule has 5 nitrogen and oxygen atoms in total. The van der Waals surface area contributed by atoms with Gasteiger partial charge < -0.3 is 19.8 Å². The van der Waals surface area contributed by atoms with Crippen molar-refractivity contribution >= 4 is 17.7 Å². The highest BCUT2D eigenvalue weighted by molar-refractivity contribution is 7.98. The maximum Gasteiger partial charge on any atom is 0.252 e. The zero-order chi connectivity index (χ0) is 23.5. The number of thioether (sulfide) groups is 1. The van der Waals surface area contributed by atoms with E-state index < -0.39 is 11.2 Å². The van der Waals surface area contributed by atoms with Crippen molar-refractivity contribution in [3.05, 3.63) is 0 Å². The molecule has 0 bridgehead atoms. The summed E-state index contributed by atoms with van der Waals surface area (Å²) in [6.45, 7) is 6.27. The van der Waals surface area contributed by atoms with Crippen LogP contribution < -0.4 is 0 Å². The first kappa shape index (κ1) is 24.4. The highest BCUT2D eigenvalue weighted by Crippen LogP contribution is 2.66. The SMILES string of the molecule is CSC[C@@]1(O)CC[C@]2(C)[C@H]3CC[C@@]4(C)[C@@H](CCCN4C(=O)[C@H]4CCCCO4)[C@@H]3CC[C@@]2(O)C1. The number of amides is 1. The van der Waals surface area contributed by atoms with Gasteiger partial charge in [0.1, 0.15) is 6.10 Å². The maximum atomic E-state index is 13.6. The number of piperidine rings is 1. The Bertz CT molecular complexity index is 758. The molecule has 3 aliphatic carbocycles. The maximum absolute atomic E-state index is 13.6. The summed E-state index contributed by atoms with van der Waals surface area (Å²) in [5.41, 5.74) is -1.74. The normalized spacial score (nSPS) is 50.2. The van der Waals surface area contributed by atoms with Gasteiger partial charge in [0.15, 0.2) is 0 Å². The van der Waals surface area contributed by atoms with Crippen LogP contribution in [0.1, 0.15) is 90.9 Å². The lowest BCUT2D eigenvalue weighted by Crippen LogP contribution is -2.69. The van der Waals surface area contributed by atoms with E-state index in [2.05, 4.69) is 18.7 Å². The predicted octanol–water partition coefficient (Wildman–Crippen LogP) is 4.39. The Morgan fingerprint density at radius 1 is 1.00 bits per heavy atom. The van der Waals surface area contributed by atoms with Crippen molar-refractivity contribution in [3.63, 3.8) is 0 Å². The van der Waals surface area contributed by atoms with Gasteiger partial charge in [-0.1, -0.05) is 6.92 Å². The lowest BCUT2D eigenvalue weighted by Gasteiger charge is -2.67. The molecule has 33 heavy (non-hydrogen) atoms. The molecule has 2 N–H and O–H groups in total.